The maximum atomic E-state index is 11.1. The number of oxazole rings is 1. The Morgan fingerprint density at radius 1 is 1.35 bits per heavy atom. The van der Waals surface area contributed by atoms with Gasteiger partial charge in [0.2, 0.25) is 5.89 Å². The summed E-state index contributed by atoms with van der Waals surface area (Å²) in [5.41, 5.74) is 1.76. The van der Waals surface area contributed by atoms with Crippen LogP contribution in [0.25, 0.3) is 11.5 Å². The van der Waals surface area contributed by atoms with Crippen molar-refractivity contribution >= 4 is 5.97 Å². The van der Waals surface area contributed by atoms with Crippen molar-refractivity contribution in [2.45, 2.75) is 19.9 Å². The van der Waals surface area contributed by atoms with Gasteiger partial charge in [0.15, 0.2) is 0 Å². The average molecular weight is 274 g/mol. The number of nitrogens with one attached hydrogen (secondary N) is 1. The number of benzene rings is 1. The first-order chi connectivity index (χ1) is 9.79. The summed E-state index contributed by atoms with van der Waals surface area (Å²) in [5.74, 6) is 0.415. The van der Waals surface area contributed by atoms with E-state index in [1.165, 1.54) is 0 Å². The second kappa shape index (κ2) is 7.45. The van der Waals surface area contributed by atoms with Gasteiger partial charge in [-0.15, -0.1) is 0 Å². The van der Waals surface area contributed by atoms with E-state index in [1.807, 2.05) is 30.3 Å². The lowest BCUT2D eigenvalue weighted by Gasteiger charge is -2.02. The van der Waals surface area contributed by atoms with E-state index in [-0.39, 0.29) is 5.97 Å². The molecule has 106 valence electrons. The third kappa shape index (κ3) is 4.20. The average Bonchev–Trinajstić information content (AvgIpc) is 2.94. The lowest BCUT2D eigenvalue weighted by molar-refractivity contribution is -0.142. The number of hydrogen-bond acceptors (Lipinski definition) is 5. The first-order valence-electron chi connectivity index (χ1n) is 6.65. The minimum atomic E-state index is -0.190. The molecule has 20 heavy (non-hydrogen) atoms. The van der Waals surface area contributed by atoms with E-state index < -0.39 is 0 Å². The monoisotopic (exact) mass is 274 g/mol. The lowest BCUT2D eigenvalue weighted by atomic mass is 10.2. The first-order valence-corrected chi connectivity index (χ1v) is 6.65. The van der Waals surface area contributed by atoms with E-state index in [9.17, 15) is 4.79 Å². The van der Waals surface area contributed by atoms with Crippen LogP contribution >= 0.6 is 0 Å². The summed E-state index contributed by atoms with van der Waals surface area (Å²) in [5, 5.41) is 3.13. The number of esters is 1. The molecular weight excluding hydrogens is 256 g/mol. The molecule has 0 aliphatic rings. The zero-order valence-electron chi connectivity index (χ0n) is 11.5. The Labute approximate surface area is 118 Å². The third-order valence-corrected chi connectivity index (χ3v) is 2.69. The van der Waals surface area contributed by atoms with Gasteiger partial charge >= 0.3 is 5.97 Å². The summed E-state index contributed by atoms with van der Waals surface area (Å²) in [6.07, 6.45) is 1.98. The molecule has 1 aromatic heterocycles. The van der Waals surface area contributed by atoms with E-state index in [0.717, 1.165) is 11.3 Å². The Morgan fingerprint density at radius 3 is 2.90 bits per heavy atom. The molecule has 0 saturated carbocycles. The predicted molar refractivity (Wildman–Crippen MR) is 74.9 cm³/mol. The molecule has 0 bridgehead atoms. The van der Waals surface area contributed by atoms with Gasteiger partial charge in [0.1, 0.15) is 6.26 Å². The molecule has 2 aromatic rings. The number of aromatic nitrogens is 1. The highest BCUT2D eigenvalue weighted by Gasteiger charge is 2.06. The standard InChI is InChI=1S/C15H18N2O3/c1-2-19-14(18)8-9-16-10-13-11-20-15(17-13)12-6-4-3-5-7-12/h3-7,11,16H,2,8-10H2,1H3. The Morgan fingerprint density at radius 2 is 2.15 bits per heavy atom. The van der Waals surface area contributed by atoms with E-state index in [1.54, 1.807) is 13.2 Å². The van der Waals surface area contributed by atoms with Gasteiger partial charge in [0, 0.05) is 18.7 Å². The molecular formula is C15H18N2O3. The molecule has 0 amide bonds. The largest absolute Gasteiger partial charge is 0.466 e. The minimum Gasteiger partial charge on any atom is -0.466 e. The van der Waals surface area contributed by atoms with Crippen LogP contribution in [0.2, 0.25) is 0 Å². The minimum absolute atomic E-state index is 0.190. The number of carbonyl (C=O) groups excluding carboxylic acids is 1. The third-order valence-electron chi connectivity index (χ3n) is 2.69. The zero-order chi connectivity index (χ0) is 14.2. The second-order valence-corrected chi connectivity index (χ2v) is 4.24. The first kappa shape index (κ1) is 14.3. The van der Waals surface area contributed by atoms with Crippen LogP contribution in [0.1, 0.15) is 19.0 Å². The van der Waals surface area contributed by atoms with E-state index >= 15 is 0 Å². The SMILES string of the molecule is CCOC(=O)CCNCc1coc(-c2ccccc2)n1. The highest BCUT2D eigenvalue weighted by atomic mass is 16.5. The fourth-order valence-electron chi connectivity index (χ4n) is 1.74. The maximum Gasteiger partial charge on any atom is 0.307 e. The summed E-state index contributed by atoms with van der Waals surface area (Å²) in [6, 6.07) is 9.73. The van der Waals surface area contributed by atoms with Crippen molar-refractivity contribution in [3.63, 3.8) is 0 Å². The van der Waals surface area contributed by atoms with E-state index in [2.05, 4.69) is 10.3 Å². The van der Waals surface area contributed by atoms with Gasteiger partial charge in [-0.2, -0.15) is 0 Å². The molecule has 1 N–H and O–H groups in total. The van der Waals surface area contributed by atoms with Gasteiger partial charge in [0.25, 0.3) is 0 Å². The van der Waals surface area contributed by atoms with Gasteiger partial charge in [-0.25, -0.2) is 4.98 Å². The highest BCUT2D eigenvalue weighted by Crippen LogP contribution is 2.17. The molecule has 2 rings (SSSR count). The van der Waals surface area contributed by atoms with Gasteiger partial charge < -0.3 is 14.5 Å². The van der Waals surface area contributed by atoms with Gasteiger partial charge in [-0.3, -0.25) is 4.79 Å². The Kier molecular flexibility index (Phi) is 5.32. The molecule has 0 atom stereocenters. The zero-order valence-corrected chi connectivity index (χ0v) is 11.5. The number of ether oxygens (including phenoxy) is 1. The number of hydrogen-bond donors (Lipinski definition) is 1. The van der Waals surface area contributed by atoms with Crippen LogP contribution in [0.15, 0.2) is 41.0 Å². The Balaban J connectivity index is 1.78. The fraction of sp³-hybridized carbons (Fsp3) is 0.333. The van der Waals surface area contributed by atoms with Gasteiger partial charge in [-0.05, 0) is 19.1 Å². The summed E-state index contributed by atoms with van der Waals surface area (Å²) in [7, 11) is 0. The number of nitrogens with zero attached hydrogens (tertiary/aromatic N) is 1. The molecule has 0 unspecified atom stereocenters. The molecule has 1 heterocycles. The number of rotatable bonds is 7. The number of carbonyl (C=O) groups is 1. The van der Waals surface area contributed by atoms with Crippen LogP contribution < -0.4 is 5.32 Å². The van der Waals surface area contributed by atoms with Crippen molar-refractivity contribution in [1.29, 1.82) is 0 Å². The Hall–Kier alpha value is -2.14. The lowest BCUT2D eigenvalue weighted by Crippen LogP contribution is -2.19. The summed E-state index contributed by atoms with van der Waals surface area (Å²) in [4.78, 5) is 15.5. The molecule has 0 radical (unpaired) electrons. The molecule has 0 spiro atoms. The van der Waals surface area contributed by atoms with Crippen LogP contribution in [-0.4, -0.2) is 24.1 Å². The van der Waals surface area contributed by atoms with Crippen molar-refractivity contribution in [1.82, 2.24) is 10.3 Å². The predicted octanol–water partition coefficient (Wildman–Crippen LogP) is 2.38. The summed E-state index contributed by atoms with van der Waals surface area (Å²) < 4.78 is 10.3. The molecule has 0 aliphatic carbocycles. The summed E-state index contributed by atoms with van der Waals surface area (Å²) in [6.45, 7) is 3.34. The smallest absolute Gasteiger partial charge is 0.307 e. The normalized spacial score (nSPS) is 10.4. The van der Waals surface area contributed by atoms with Crippen molar-refractivity contribution in [3.05, 3.63) is 42.3 Å². The molecule has 0 fully saturated rings. The fourth-order valence-corrected chi connectivity index (χ4v) is 1.74. The van der Waals surface area contributed by atoms with E-state index in [4.69, 9.17) is 9.15 Å². The van der Waals surface area contributed by atoms with Crippen LogP contribution in [0.3, 0.4) is 0 Å². The molecule has 0 saturated heterocycles. The molecule has 5 heteroatoms. The highest BCUT2D eigenvalue weighted by molar-refractivity contribution is 5.69. The van der Waals surface area contributed by atoms with Crippen LogP contribution in [-0.2, 0) is 16.1 Å². The van der Waals surface area contributed by atoms with Gasteiger partial charge in [0.05, 0.1) is 18.7 Å². The Bertz CT molecular complexity index is 537. The molecule has 5 nitrogen and oxygen atoms in total. The summed E-state index contributed by atoms with van der Waals surface area (Å²) >= 11 is 0. The maximum absolute atomic E-state index is 11.1. The molecule has 0 aliphatic heterocycles. The van der Waals surface area contributed by atoms with Gasteiger partial charge in [-0.1, -0.05) is 18.2 Å². The van der Waals surface area contributed by atoms with Crippen molar-refractivity contribution in [3.8, 4) is 11.5 Å². The van der Waals surface area contributed by atoms with Crippen molar-refractivity contribution < 1.29 is 13.9 Å². The van der Waals surface area contributed by atoms with Crippen LogP contribution in [0.4, 0.5) is 0 Å². The topological polar surface area (TPSA) is 64.4 Å². The van der Waals surface area contributed by atoms with Crippen LogP contribution in [0.5, 0.6) is 0 Å². The second-order valence-electron chi connectivity index (χ2n) is 4.24. The molecule has 1 aromatic carbocycles. The van der Waals surface area contributed by atoms with E-state index in [0.29, 0.717) is 32.0 Å². The van der Waals surface area contributed by atoms with Crippen molar-refractivity contribution in [2.75, 3.05) is 13.2 Å². The van der Waals surface area contributed by atoms with Crippen LogP contribution in [0, 0.1) is 0 Å². The van der Waals surface area contributed by atoms with Crippen molar-refractivity contribution in [2.24, 2.45) is 0 Å². The quantitative estimate of drug-likeness (QED) is 0.620.